The second-order valence-electron chi connectivity index (χ2n) is 9.34. The van der Waals surface area contributed by atoms with E-state index in [9.17, 15) is 9.90 Å². The van der Waals surface area contributed by atoms with Gasteiger partial charge < -0.3 is 5.11 Å². The highest BCUT2D eigenvalue weighted by Crippen LogP contribution is 2.39. The van der Waals surface area contributed by atoms with E-state index in [0.29, 0.717) is 5.75 Å². The zero-order chi connectivity index (χ0) is 21.3. The molecule has 1 amide bonds. The minimum absolute atomic E-state index is 0.118. The van der Waals surface area contributed by atoms with Crippen molar-refractivity contribution in [2.45, 2.75) is 72.8 Å². The number of benzene rings is 1. The van der Waals surface area contributed by atoms with Crippen LogP contribution in [-0.2, 0) is 22.2 Å². The Balaban J connectivity index is 2.23. The molecule has 2 rings (SSSR count). The van der Waals surface area contributed by atoms with Crippen LogP contribution < -0.4 is 5.43 Å². The van der Waals surface area contributed by atoms with Gasteiger partial charge >= 0.3 is 0 Å². The third kappa shape index (κ3) is 5.21. The van der Waals surface area contributed by atoms with E-state index in [4.69, 9.17) is 0 Å². The smallest absolute Gasteiger partial charge is 0.261 e. The van der Waals surface area contributed by atoms with Crippen molar-refractivity contribution in [2.75, 3.05) is 0 Å². The van der Waals surface area contributed by atoms with Crippen molar-refractivity contribution in [1.82, 2.24) is 15.2 Å². The number of nitrogens with zero attached hydrogens (tertiary/aromatic N) is 3. The molecule has 0 spiro atoms. The Morgan fingerprint density at radius 1 is 1.11 bits per heavy atom. The molecule has 6 nitrogen and oxygen atoms in total. The highest BCUT2D eigenvalue weighted by molar-refractivity contribution is 5.83. The van der Waals surface area contributed by atoms with Gasteiger partial charge in [-0.15, -0.1) is 0 Å². The summed E-state index contributed by atoms with van der Waals surface area (Å²) in [5.74, 6) is 0.0824. The van der Waals surface area contributed by atoms with Gasteiger partial charge in [-0.2, -0.15) is 10.2 Å². The van der Waals surface area contributed by atoms with E-state index < -0.39 is 0 Å². The summed E-state index contributed by atoms with van der Waals surface area (Å²) < 4.78 is 1.65. The molecule has 2 N–H and O–H groups in total. The third-order valence-corrected chi connectivity index (χ3v) is 4.55. The van der Waals surface area contributed by atoms with Gasteiger partial charge in [0.1, 0.15) is 12.3 Å². The molecule has 1 aromatic carbocycles. The highest BCUT2D eigenvalue weighted by Gasteiger charge is 2.26. The average Bonchev–Trinajstić information content (AvgIpc) is 2.83. The number of hydrogen-bond donors (Lipinski definition) is 2. The molecule has 0 radical (unpaired) electrons. The van der Waals surface area contributed by atoms with Crippen LogP contribution in [0, 0.1) is 13.8 Å². The molecule has 0 unspecified atom stereocenters. The van der Waals surface area contributed by atoms with Crippen LogP contribution in [0.25, 0.3) is 0 Å². The number of aromatic nitrogens is 2. The van der Waals surface area contributed by atoms with Crippen molar-refractivity contribution in [1.29, 1.82) is 0 Å². The lowest BCUT2D eigenvalue weighted by Crippen LogP contribution is -2.24. The molecule has 0 saturated carbocycles. The number of hydrogen-bond acceptors (Lipinski definition) is 4. The largest absolute Gasteiger partial charge is 0.507 e. The summed E-state index contributed by atoms with van der Waals surface area (Å²) in [7, 11) is 0. The molecule has 0 saturated heterocycles. The standard InChI is InChI=1S/C22H32N4O2/c1-14-9-15(2)26(25-14)13-19(27)24-23-12-16-10-17(21(3,4)5)20(28)18(11-16)22(6,7)8/h9-12,28H,13H2,1-8H3,(H,24,27)/b23-12+. The van der Waals surface area contributed by atoms with E-state index in [1.54, 1.807) is 10.9 Å². The Labute approximate surface area is 167 Å². The minimum Gasteiger partial charge on any atom is -0.507 e. The number of aromatic hydroxyl groups is 1. The molecule has 0 atom stereocenters. The fraction of sp³-hybridized carbons (Fsp3) is 0.500. The van der Waals surface area contributed by atoms with E-state index in [0.717, 1.165) is 28.1 Å². The first-order chi connectivity index (χ1) is 12.8. The molecule has 0 aliphatic heterocycles. The Morgan fingerprint density at radius 3 is 2.07 bits per heavy atom. The maximum absolute atomic E-state index is 12.1. The minimum atomic E-state index is -0.242. The first kappa shape index (κ1) is 21.7. The number of nitrogens with one attached hydrogen (secondary N) is 1. The summed E-state index contributed by atoms with van der Waals surface area (Å²) in [6.07, 6.45) is 1.61. The van der Waals surface area contributed by atoms with Crippen molar-refractivity contribution in [2.24, 2.45) is 5.10 Å². The van der Waals surface area contributed by atoms with E-state index in [2.05, 4.69) is 57.2 Å². The van der Waals surface area contributed by atoms with Gasteiger partial charge in [0.2, 0.25) is 0 Å². The quantitative estimate of drug-likeness (QED) is 0.619. The van der Waals surface area contributed by atoms with Crippen LogP contribution in [-0.4, -0.2) is 27.0 Å². The molecule has 152 valence electrons. The van der Waals surface area contributed by atoms with E-state index >= 15 is 0 Å². The average molecular weight is 385 g/mol. The van der Waals surface area contributed by atoms with E-state index in [1.807, 2.05) is 32.0 Å². The molecule has 1 aromatic heterocycles. The molecule has 0 aliphatic rings. The zero-order valence-electron chi connectivity index (χ0n) is 18.2. The fourth-order valence-electron chi connectivity index (χ4n) is 3.06. The summed E-state index contributed by atoms with van der Waals surface area (Å²) in [6.45, 7) is 16.3. The molecule has 0 aliphatic carbocycles. The van der Waals surface area contributed by atoms with Crippen LogP contribution in [0.5, 0.6) is 5.75 Å². The van der Waals surface area contributed by atoms with E-state index in [-0.39, 0.29) is 23.3 Å². The van der Waals surface area contributed by atoms with Crippen LogP contribution >= 0.6 is 0 Å². The van der Waals surface area contributed by atoms with Gasteiger partial charge in [0, 0.05) is 16.8 Å². The molecule has 6 heteroatoms. The Kier molecular flexibility index (Phi) is 6.02. The summed E-state index contributed by atoms with van der Waals surface area (Å²) in [5, 5.41) is 19.1. The fourth-order valence-corrected chi connectivity index (χ4v) is 3.06. The lowest BCUT2D eigenvalue weighted by atomic mass is 9.78. The van der Waals surface area contributed by atoms with Crippen LogP contribution in [0.4, 0.5) is 0 Å². The Bertz CT molecular complexity index is 861. The number of phenolic OH excluding ortho intramolecular Hbond substituents is 1. The number of carbonyl (C=O) groups excluding carboxylic acids is 1. The molecular formula is C22H32N4O2. The maximum atomic E-state index is 12.1. The number of amides is 1. The highest BCUT2D eigenvalue weighted by atomic mass is 16.3. The lowest BCUT2D eigenvalue weighted by molar-refractivity contribution is -0.121. The summed E-state index contributed by atoms with van der Waals surface area (Å²) in [6, 6.07) is 5.76. The molecule has 0 bridgehead atoms. The van der Waals surface area contributed by atoms with Crippen molar-refractivity contribution in [3.63, 3.8) is 0 Å². The molecule has 0 fully saturated rings. The summed E-state index contributed by atoms with van der Waals surface area (Å²) in [5.41, 5.74) is 6.48. The topological polar surface area (TPSA) is 79.5 Å². The second kappa shape index (κ2) is 7.78. The lowest BCUT2D eigenvalue weighted by Gasteiger charge is -2.27. The zero-order valence-corrected chi connectivity index (χ0v) is 18.2. The van der Waals surface area contributed by atoms with Gasteiger partial charge in [-0.05, 0) is 48.4 Å². The molecular weight excluding hydrogens is 352 g/mol. The first-order valence-electron chi connectivity index (χ1n) is 9.50. The predicted octanol–water partition coefficient (Wildman–Crippen LogP) is 3.95. The number of phenols is 1. The third-order valence-electron chi connectivity index (χ3n) is 4.55. The van der Waals surface area contributed by atoms with Crippen molar-refractivity contribution >= 4 is 12.1 Å². The van der Waals surface area contributed by atoms with Crippen molar-refractivity contribution in [3.05, 3.63) is 46.3 Å². The molecule has 28 heavy (non-hydrogen) atoms. The number of carbonyl (C=O) groups is 1. The summed E-state index contributed by atoms with van der Waals surface area (Å²) in [4.78, 5) is 12.1. The van der Waals surface area contributed by atoms with E-state index in [1.165, 1.54) is 0 Å². The Morgan fingerprint density at radius 2 is 1.64 bits per heavy atom. The van der Waals surface area contributed by atoms with Crippen molar-refractivity contribution in [3.8, 4) is 5.75 Å². The molecule has 2 aromatic rings. The summed E-state index contributed by atoms with van der Waals surface area (Å²) >= 11 is 0. The van der Waals surface area contributed by atoms with Crippen LogP contribution in [0.1, 0.15) is 69.6 Å². The van der Waals surface area contributed by atoms with Gasteiger partial charge in [0.25, 0.3) is 5.91 Å². The SMILES string of the molecule is Cc1cc(C)n(CC(=O)N/N=C/c2cc(C(C)(C)C)c(O)c(C(C)(C)C)c2)n1. The molecule has 1 heterocycles. The first-order valence-corrected chi connectivity index (χ1v) is 9.50. The second-order valence-corrected chi connectivity index (χ2v) is 9.34. The van der Waals surface area contributed by atoms with Crippen LogP contribution in [0.3, 0.4) is 0 Å². The number of aryl methyl sites for hydroxylation is 2. The normalized spacial score (nSPS) is 12.6. The van der Waals surface area contributed by atoms with Gasteiger partial charge in [-0.3, -0.25) is 9.48 Å². The van der Waals surface area contributed by atoms with Crippen molar-refractivity contribution < 1.29 is 9.90 Å². The monoisotopic (exact) mass is 384 g/mol. The number of rotatable bonds is 4. The van der Waals surface area contributed by atoms with Crippen LogP contribution in [0.15, 0.2) is 23.3 Å². The maximum Gasteiger partial charge on any atom is 0.261 e. The van der Waals surface area contributed by atoms with Crippen LogP contribution in [0.2, 0.25) is 0 Å². The Hall–Kier alpha value is -2.63. The van der Waals surface area contributed by atoms with Gasteiger partial charge in [-0.25, -0.2) is 5.43 Å². The van der Waals surface area contributed by atoms with Gasteiger partial charge in [0.15, 0.2) is 0 Å². The predicted molar refractivity (Wildman–Crippen MR) is 113 cm³/mol. The number of hydrazone groups is 1. The van der Waals surface area contributed by atoms with Gasteiger partial charge in [0.05, 0.1) is 11.9 Å². The van der Waals surface area contributed by atoms with Gasteiger partial charge in [-0.1, -0.05) is 41.5 Å².